The lowest BCUT2D eigenvalue weighted by atomic mass is 10.2. The number of amides is 2. The lowest BCUT2D eigenvalue weighted by Gasteiger charge is -2.12. The predicted octanol–water partition coefficient (Wildman–Crippen LogP) is 0.773. The summed E-state index contributed by atoms with van der Waals surface area (Å²) in [6.07, 6.45) is 0. The van der Waals surface area contributed by atoms with Crippen molar-refractivity contribution in [2.75, 3.05) is 12.4 Å². The lowest BCUT2D eigenvalue weighted by Crippen LogP contribution is -2.41. The number of aromatic carboxylic acids is 1. The lowest BCUT2D eigenvalue weighted by molar-refractivity contribution is -0.142. The molecule has 108 valence electrons. The molecular weight excluding hydrogens is 268 g/mol. The van der Waals surface area contributed by atoms with E-state index in [1.807, 2.05) is 0 Å². The minimum atomic E-state index is -1.28. The number of carbonyl (C=O) groups is 3. The number of nitrogens with one attached hydrogen (secondary N) is 2. The minimum Gasteiger partial charge on any atom is -0.507 e. The van der Waals surface area contributed by atoms with E-state index in [1.165, 1.54) is 20.1 Å². The number of rotatable bonds is 4. The molecule has 1 aromatic carbocycles. The van der Waals surface area contributed by atoms with Gasteiger partial charge in [0.05, 0.1) is 7.11 Å². The fraction of sp³-hybridized carbons (Fsp3) is 0.250. The van der Waals surface area contributed by atoms with E-state index in [0.29, 0.717) is 0 Å². The van der Waals surface area contributed by atoms with Crippen LogP contribution in [-0.2, 0) is 9.53 Å². The van der Waals surface area contributed by atoms with E-state index in [9.17, 15) is 19.5 Å². The van der Waals surface area contributed by atoms with Gasteiger partial charge >= 0.3 is 18.0 Å². The summed E-state index contributed by atoms with van der Waals surface area (Å²) in [5.41, 5.74) is -0.0963. The smallest absolute Gasteiger partial charge is 0.339 e. The Labute approximate surface area is 114 Å². The van der Waals surface area contributed by atoms with Gasteiger partial charge in [0, 0.05) is 11.8 Å². The van der Waals surface area contributed by atoms with Crippen LogP contribution in [-0.4, -0.2) is 41.3 Å². The van der Waals surface area contributed by atoms with Crippen LogP contribution < -0.4 is 10.6 Å². The maximum Gasteiger partial charge on any atom is 0.339 e. The van der Waals surface area contributed by atoms with Crippen molar-refractivity contribution < 1.29 is 29.3 Å². The first-order valence-electron chi connectivity index (χ1n) is 5.56. The summed E-state index contributed by atoms with van der Waals surface area (Å²) < 4.78 is 4.44. The van der Waals surface area contributed by atoms with Crippen LogP contribution in [0.1, 0.15) is 17.3 Å². The molecule has 0 saturated carbocycles. The minimum absolute atomic E-state index is 0.182. The molecule has 0 aliphatic rings. The average Bonchev–Trinajstić information content (AvgIpc) is 2.37. The summed E-state index contributed by atoms with van der Waals surface area (Å²) in [6, 6.07) is 2.02. The molecule has 0 heterocycles. The number of methoxy groups -OCH3 is 1. The quantitative estimate of drug-likeness (QED) is 0.604. The number of phenols is 1. The highest BCUT2D eigenvalue weighted by atomic mass is 16.5. The van der Waals surface area contributed by atoms with Crippen molar-refractivity contribution in [2.45, 2.75) is 13.0 Å². The third kappa shape index (κ3) is 3.87. The van der Waals surface area contributed by atoms with Crippen LogP contribution in [0, 0.1) is 0 Å². The number of carboxylic acids is 1. The summed E-state index contributed by atoms with van der Waals surface area (Å²) in [5.74, 6) is -2.36. The van der Waals surface area contributed by atoms with Gasteiger partial charge in [-0.1, -0.05) is 0 Å². The molecule has 0 fully saturated rings. The molecule has 0 bridgehead atoms. The number of carboxylic acid groups (broad SMARTS) is 1. The van der Waals surface area contributed by atoms with Gasteiger partial charge < -0.3 is 25.6 Å². The molecule has 0 radical (unpaired) electrons. The number of hydrogen-bond donors (Lipinski definition) is 4. The highest BCUT2D eigenvalue weighted by Crippen LogP contribution is 2.21. The van der Waals surface area contributed by atoms with Gasteiger partial charge in [-0.3, -0.25) is 0 Å². The molecule has 8 heteroatoms. The second-order valence-electron chi connectivity index (χ2n) is 3.88. The molecule has 0 aromatic heterocycles. The highest BCUT2D eigenvalue weighted by Gasteiger charge is 2.16. The Bertz CT molecular complexity index is 543. The maximum absolute atomic E-state index is 11.5. The zero-order chi connectivity index (χ0) is 15.3. The topological polar surface area (TPSA) is 125 Å². The Morgan fingerprint density at radius 3 is 2.45 bits per heavy atom. The summed E-state index contributed by atoms with van der Waals surface area (Å²) in [6.45, 7) is 1.44. The third-order valence-corrected chi connectivity index (χ3v) is 2.39. The molecule has 0 aliphatic carbocycles. The van der Waals surface area contributed by atoms with Crippen LogP contribution >= 0.6 is 0 Å². The van der Waals surface area contributed by atoms with Gasteiger partial charge in [-0.2, -0.15) is 0 Å². The predicted molar refractivity (Wildman–Crippen MR) is 68.7 cm³/mol. The van der Waals surface area contributed by atoms with E-state index in [1.54, 1.807) is 0 Å². The third-order valence-electron chi connectivity index (χ3n) is 2.39. The van der Waals surface area contributed by atoms with E-state index in [4.69, 9.17) is 5.11 Å². The van der Waals surface area contributed by atoms with Crippen molar-refractivity contribution in [2.24, 2.45) is 0 Å². The van der Waals surface area contributed by atoms with Crippen LogP contribution in [0.2, 0.25) is 0 Å². The van der Waals surface area contributed by atoms with Crippen molar-refractivity contribution in [1.29, 1.82) is 0 Å². The van der Waals surface area contributed by atoms with Crippen LogP contribution in [0.15, 0.2) is 18.2 Å². The van der Waals surface area contributed by atoms with E-state index < -0.39 is 29.8 Å². The van der Waals surface area contributed by atoms with E-state index in [-0.39, 0.29) is 11.3 Å². The first-order chi connectivity index (χ1) is 9.35. The zero-order valence-corrected chi connectivity index (χ0v) is 10.8. The number of urea groups is 1. The fourth-order valence-corrected chi connectivity index (χ4v) is 1.39. The molecule has 8 nitrogen and oxygen atoms in total. The largest absolute Gasteiger partial charge is 0.507 e. The number of ether oxygens (including phenoxy) is 1. The zero-order valence-electron chi connectivity index (χ0n) is 10.8. The van der Waals surface area contributed by atoms with Crippen LogP contribution in [0.5, 0.6) is 5.75 Å². The summed E-state index contributed by atoms with van der Waals surface area (Å²) in [5, 5.41) is 22.9. The molecule has 1 aromatic rings. The van der Waals surface area contributed by atoms with Gasteiger partial charge in [0.25, 0.3) is 0 Å². The van der Waals surface area contributed by atoms with Crippen LogP contribution in [0.25, 0.3) is 0 Å². The number of anilines is 1. The molecule has 1 atom stereocenters. The molecule has 0 saturated heterocycles. The Morgan fingerprint density at radius 1 is 1.30 bits per heavy atom. The molecule has 20 heavy (non-hydrogen) atoms. The molecule has 2 amide bonds. The van der Waals surface area contributed by atoms with Crippen molar-refractivity contribution in [1.82, 2.24) is 5.32 Å². The van der Waals surface area contributed by atoms with Crippen molar-refractivity contribution in [3.05, 3.63) is 23.8 Å². The van der Waals surface area contributed by atoms with Gasteiger partial charge in [-0.15, -0.1) is 0 Å². The Morgan fingerprint density at radius 2 is 1.95 bits per heavy atom. The standard InChI is InChI=1S/C12H14N2O6/c1-6(11(18)20-2)13-12(19)14-7-3-4-8(10(16)17)9(15)5-7/h3-6,15H,1-2H3,(H,16,17)(H2,13,14,19). The summed E-state index contributed by atoms with van der Waals surface area (Å²) in [7, 11) is 1.20. The number of aromatic hydroxyl groups is 1. The van der Waals surface area contributed by atoms with Gasteiger partial charge in [-0.05, 0) is 19.1 Å². The summed E-state index contributed by atoms with van der Waals surface area (Å²) in [4.78, 5) is 33.3. The number of benzene rings is 1. The molecular formula is C12H14N2O6. The monoisotopic (exact) mass is 282 g/mol. The SMILES string of the molecule is COC(=O)C(C)NC(=O)Nc1ccc(C(=O)O)c(O)c1. The average molecular weight is 282 g/mol. The molecule has 1 rings (SSSR count). The Hall–Kier alpha value is -2.77. The van der Waals surface area contributed by atoms with E-state index in [0.717, 1.165) is 12.1 Å². The second kappa shape index (κ2) is 6.41. The molecule has 0 spiro atoms. The number of hydrogen-bond acceptors (Lipinski definition) is 5. The van der Waals surface area contributed by atoms with Gasteiger partial charge in [0.2, 0.25) is 0 Å². The van der Waals surface area contributed by atoms with Crippen molar-refractivity contribution in [3.8, 4) is 5.75 Å². The number of carbonyl (C=O) groups excluding carboxylic acids is 2. The Kier molecular flexibility index (Phi) is 4.90. The molecule has 0 aliphatic heterocycles. The normalized spacial score (nSPS) is 11.3. The van der Waals surface area contributed by atoms with Gasteiger partial charge in [-0.25, -0.2) is 14.4 Å². The van der Waals surface area contributed by atoms with Crippen molar-refractivity contribution >= 4 is 23.7 Å². The van der Waals surface area contributed by atoms with Crippen LogP contribution in [0.4, 0.5) is 10.5 Å². The fourth-order valence-electron chi connectivity index (χ4n) is 1.39. The second-order valence-corrected chi connectivity index (χ2v) is 3.88. The Balaban J connectivity index is 2.69. The van der Waals surface area contributed by atoms with Crippen molar-refractivity contribution in [3.63, 3.8) is 0 Å². The van der Waals surface area contributed by atoms with Gasteiger partial charge in [0.1, 0.15) is 17.4 Å². The van der Waals surface area contributed by atoms with E-state index >= 15 is 0 Å². The number of esters is 1. The first-order valence-corrected chi connectivity index (χ1v) is 5.56. The summed E-state index contributed by atoms with van der Waals surface area (Å²) >= 11 is 0. The van der Waals surface area contributed by atoms with E-state index in [2.05, 4.69) is 15.4 Å². The van der Waals surface area contributed by atoms with Gasteiger partial charge in [0.15, 0.2) is 0 Å². The van der Waals surface area contributed by atoms with Crippen LogP contribution in [0.3, 0.4) is 0 Å². The first kappa shape index (κ1) is 15.3. The highest BCUT2D eigenvalue weighted by molar-refractivity contribution is 5.95. The maximum atomic E-state index is 11.5. The molecule has 1 unspecified atom stereocenters. The molecule has 4 N–H and O–H groups in total.